The van der Waals surface area contributed by atoms with Gasteiger partial charge in [-0.2, -0.15) is 0 Å². The minimum absolute atomic E-state index is 0.0551. The molecule has 5 aromatic rings. The first-order chi connectivity index (χ1) is 26.2. The Morgan fingerprint density at radius 2 is 1.33 bits per heavy atom. The van der Waals surface area contributed by atoms with Gasteiger partial charge in [0.25, 0.3) is 0 Å². The molecule has 6 heterocycles. The van der Waals surface area contributed by atoms with E-state index in [2.05, 4.69) is 47.3 Å². The predicted molar refractivity (Wildman–Crippen MR) is 232 cm³/mol. The van der Waals surface area contributed by atoms with E-state index in [0.29, 0.717) is 5.92 Å². The highest BCUT2D eigenvalue weighted by atomic mass is 35.5. The zero-order valence-corrected chi connectivity index (χ0v) is 36.7. The van der Waals surface area contributed by atoms with Gasteiger partial charge in [-0.25, -0.2) is 4.79 Å². The highest BCUT2D eigenvalue weighted by molar-refractivity contribution is 6.32. The summed E-state index contributed by atoms with van der Waals surface area (Å²) in [4.78, 5) is 28.2. The van der Waals surface area contributed by atoms with Crippen LogP contribution in [0.25, 0.3) is 0 Å². The van der Waals surface area contributed by atoms with Gasteiger partial charge in [0.1, 0.15) is 0 Å². The number of carbonyl (C=O) groups is 1. The summed E-state index contributed by atoms with van der Waals surface area (Å²) in [6, 6.07) is 10.7. The number of halogens is 5. The standard InChI is InChI=1S/C13H15ClNO.C11H14ClN.C9H12ClN.C6H6ClN.C5H4ClN/c1-4-10-7-8(2)13(16)15-6-5-11(14)9(3)12(10)15;1-4-9(5-2)11-8(3)10(12)6-7-13-11;1-3-4-9-7(2)8(10)5-6-11-9;1-5-4-8-3-2-6(5)7;6-5-1-3-7-4-2-5/h5-7,10H,4H2,1-3H3;4,6-7,9H,1,5H2,2-3H3;5-6H,3-4H2,1-2H3;2-4H,1H3;1-4H/q+1;;;;. The highest BCUT2D eigenvalue weighted by Crippen LogP contribution is 2.29. The maximum atomic E-state index is 12.0. The van der Waals surface area contributed by atoms with Gasteiger partial charge in [0.05, 0.1) is 22.2 Å². The predicted octanol–water partition coefficient (Wildman–Crippen LogP) is 13.5. The lowest BCUT2D eigenvalue weighted by Crippen LogP contribution is -2.50. The van der Waals surface area contributed by atoms with Crippen LogP contribution in [0.3, 0.4) is 0 Å². The van der Waals surface area contributed by atoms with E-state index in [1.807, 2.05) is 58.9 Å². The number of fused-ring (bicyclic) bond motifs is 1. The first-order valence-electron chi connectivity index (χ1n) is 18.1. The largest absolute Gasteiger partial charge is 0.420 e. The molecule has 55 heavy (non-hydrogen) atoms. The van der Waals surface area contributed by atoms with Crippen LogP contribution in [0.15, 0.2) is 104 Å². The zero-order chi connectivity index (χ0) is 41.1. The van der Waals surface area contributed by atoms with Crippen LogP contribution in [0.1, 0.15) is 103 Å². The summed E-state index contributed by atoms with van der Waals surface area (Å²) in [5, 5.41) is 3.84. The third-order valence-electron chi connectivity index (χ3n) is 8.74. The quantitative estimate of drug-likeness (QED) is 0.126. The van der Waals surface area contributed by atoms with Crippen molar-refractivity contribution in [3.63, 3.8) is 0 Å². The second-order valence-electron chi connectivity index (χ2n) is 12.7. The summed E-state index contributed by atoms with van der Waals surface area (Å²) >= 11 is 29.2. The van der Waals surface area contributed by atoms with Gasteiger partial charge in [0.2, 0.25) is 5.69 Å². The minimum atomic E-state index is 0.0551. The molecule has 0 amide bonds. The van der Waals surface area contributed by atoms with Gasteiger partial charge in [0.15, 0.2) is 6.20 Å². The molecule has 5 aromatic heterocycles. The lowest BCUT2D eigenvalue weighted by atomic mass is 9.92. The van der Waals surface area contributed by atoms with E-state index < -0.39 is 0 Å². The molecule has 2 atom stereocenters. The molecule has 2 unspecified atom stereocenters. The van der Waals surface area contributed by atoms with E-state index >= 15 is 0 Å². The van der Waals surface area contributed by atoms with E-state index in [1.165, 1.54) is 0 Å². The summed E-state index contributed by atoms with van der Waals surface area (Å²) in [5.74, 6) is 0.662. The highest BCUT2D eigenvalue weighted by Gasteiger charge is 2.34. The van der Waals surface area contributed by atoms with Crippen molar-refractivity contribution in [3.05, 3.63) is 169 Å². The Kier molecular flexibility index (Phi) is 21.4. The van der Waals surface area contributed by atoms with Crippen molar-refractivity contribution in [2.75, 3.05) is 0 Å². The lowest BCUT2D eigenvalue weighted by molar-refractivity contribution is -0.582. The number of hydrogen-bond acceptors (Lipinski definition) is 5. The van der Waals surface area contributed by atoms with Crippen molar-refractivity contribution >= 4 is 63.9 Å². The molecule has 1 aliphatic rings. The first kappa shape index (κ1) is 47.5. The van der Waals surface area contributed by atoms with Crippen LogP contribution in [0.4, 0.5) is 0 Å². The number of nitrogens with zero attached hydrogens (tertiary/aromatic N) is 5. The Balaban J connectivity index is 0.000000245. The van der Waals surface area contributed by atoms with E-state index in [1.54, 1.807) is 72.2 Å². The molecule has 0 saturated carbocycles. The van der Waals surface area contributed by atoms with Crippen molar-refractivity contribution in [3.8, 4) is 0 Å². The fourth-order valence-corrected chi connectivity index (χ4v) is 6.13. The average Bonchev–Trinajstić information content (AvgIpc) is 3.18. The second kappa shape index (κ2) is 24.8. The van der Waals surface area contributed by atoms with Gasteiger partial charge in [0, 0.05) is 80.5 Å². The van der Waals surface area contributed by atoms with Crippen LogP contribution in [0, 0.1) is 27.7 Å². The molecule has 1 aliphatic heterocycles. The topological polar surface area (TPSA) is 72.5 Å². The summed E-state index contributed by atoms with van der Waals surface area (Å²) in [6.07, 6.45) is 20.1. The number of hydrogen-bond donors (Lipinski definition) is 0. The molecule has 0 bridgehead atoms. The molecule has 0 aliphatic carbocycles. The lowest BCUT2D eigenvalue weighted by Gasteiger charge is -2.17. The summed E-state index contributed by atoms with van der Waals surface area (Å²) in [5.41, 5.74) is 8.23. The van der Waals surface area contributed by atoms with Crippen LogP contribution >= 0.6 is 58.0 Å². The molecule has 0 spiro atoms. The molecule has 0 fully saturated rings. The average molecular weight is 843 g/mol. The summed E-state index contributed by atoms with van der Waals surface area (Å²) in [6.45, 7) is 19.9. The molecule has 11 heteroatoms. The number of pyridine rings is 5. The number of aromatic nitrogens is 5. The Morgan fingerprint density at radius 3 is 1.84 bits per heavy atom. The Hall–Kier alpha value is -3.65. The van der Waals surface area contributed by atoms with Crippen LogP contribution in [0.5, 0.6) is 0 Å². The third kappa shape index (κ3) is 14.7. The van der Waals surface area contributed by atoms with Crippen molar-refractivity contribution < 1.29 is 9.36 Å². The van der Waals surface area contributed by atoms with E-state index in [9.17, 15) is 4.79 Å². The smallest absolute Gasteiger partial charge is 0.265 e. The monoisotopic (exact) mass is 840 g/mol. The molecule has 0 aromatic carbocycles. The van der Waals surface area contributed by atoms with Gasteiger partial charge >= 0.3 is 5.91 Å². The fraction of sp³-hybridized carbons (Fsp3) is 0.318. The van der Waals surface area contributed by atoms with Gasteiger partial charge in [-0.1, -0.05) is 97.3 Å². The molecule has 292 valence electrons. The molecule has 6 rings (SSSR count). The molecular formula is C44H51Cl5N5O+. The normalized spacial score (nSPS) is 13.1. The van der Waals surface area contributed by atoms with Crippen LogP contribution in [-0.4, -0.2) is 25.8 Å². The van der Waals surface area contributed by atoms with Gasteiger partial charge in [-0.3, -0.25) is 19.9 Å². The molecular weight excluding hydrogens is 792 g/mol. The molecule has 0 N–H and O–H groups in total. The van der Waals surface area contributed by atoms with E-state index in [0.717, 1.165) is 95.7 Å². The fourth-order valence-electron chi connectivity index (χ4n) is 5.44. The summed E-state index contributed by atoms with van der Waals surface area (Å²) in [7, 11) is 0. The summed E-state index contributed by atoms with van der Waals surface area (Å²) < 4.78 is 1.73. The number of allylic oxidation sites excluding steroid dienone is 3. The van der Waals surface area contributed by atoms with E-state index in [-0.39, 0.29) is 11.8 Å². The Bertz CT molecular complexity index is 2000. The van der Waals surface area contributed by atoms with Crippen LogP contribution in [0.2, 0.25) is 25.1 Å². The maximum absolute atomic E-state index is 12.0. The van der Waals surface area contributed by atoms with Crippen molar-refractivity contribution in [1.82, 2.24) is 19.9 Å². The molecule has 0 radical (unpaired) electrons. The zero-order valence-electron chi connectivity index (χ0n) is 32.9. The second-order valence-corrected chi connectivity index (χ2v) is 14.7. The van der Waals surface area contributed by atoms with Crippen molar-refractivity contribution in [2.45, 2.75) is 92.9 Å². The molecule has 0 saturated heterocycles. The van der Waals surface area contributed by atoms with Crippen LogP contribution in [-0.2, 0) is 6.42 Å². The van der Waals surface area contributed by atoms with Gasteiger partial charge < -0.3 is 0 Å². The SMILES string of the molecule is C=CC(CC)c1nccc(Cl)c1C.CCC1C=C(C)C(=O)[n+]2ccc(Cl)c(C)c21.CCCc1nccc(Cl)c1C.Cc1cnccc1Cl.Clc1ccncc1. The van der Waals surface area contributed by atoms with Crippen LogP contribution < -0.4 is 4.57 Å². The Labute approximate surface area is 352 Å². The van der Waals surface area contributed by atoms with Crippen molar-refractivity contribution in [1.29, 1.82) is 0 Å². The number of aryl methyl sites for hydroxylation is 2. The number of carbonyl (C=O) groups excluding carboxylic acids is 1. The Morgan fingerprint density at radius 1 is 0.745 bits per heavy atom. The number of rotatable bonds is 6. The van der Waals surface area contributed by atoms with Gasteiger partial charge in [-0.05, 0) is 101 Å². The van der Waals surface area contributed by atoms with Gasteiger partial charge in [-0.15, -0.1) is 11.1 Å². The van der Waals surface area contributed by atoms with E-state index in [4.69, 9.17) is 58.0 Å². The molecule has 6 nitrogen and oxygen atoms in total. The minimum Gasteiger partial charge on any atom is -0.265 e. The third-order valence-corrected chi connectivity index (χ3v) is 10.6. The maximum Gasteiger partial charge on any atom is 0.420 e. The first-order valence-corrected chi connectivity index (χ1v) is 20.0. The van der Waals surface area contributed by atoms with Crippen molar-refractivity contribution in [2.24, 2.45) is 0 Å².